The van der Waals surface area contributed by atoms with E-state index in [9.17, 15) is 9.90 Å². The van der Waals surface area contributed by atoms with E-state index >= 15 is 0 Å². The van der Waals surface area contributed by atoms with Gasteiger partial charge in [0.1, 0.15) is 29.3 Å². The molecule has 0 bridgehead atoms. The summed E-state index contributed by atoms with van der Waals surface area (Å²) in [4.78, 5) is 28.8. The van der Waals surface area contributed by atoms with E-state index in [2.05, 4.69) is 26.3 Å². The van der Waals surface area contributed by atoms with E-state index in [1.54, 1.807) is 29.9 Å². The van der Waals surface area contributed by atoms with Crippen LogP contribution in [0.5, 0.6) is 5.75 Å². The van der Waals surface area contributed by atoms with Crippen molar-refractivity contribution < 1.29 is 14.6 Å². The molecule has 4 heterocycles. The second-order valence-electron chi connectivity index (χ2n) is 9.46. The standard InChI is InChI=1S/C29H26ClN5O3S/c30-23-14-19(7-9-24(23)38-16-20-4-1-2-10-31-20)34-28-27-22-8-6-18(12-25(22)39-29(27)33-17-32-28)13-26(37)35-11-3-5-21(35)15-36/h1-2,4,6-10,12,14,17,21,36H,3,5,11,13,15-16H2,(H,32,33,34)/t21-/m1/s1. The summed E-state index contributed by atoms with van der Waals surface area (Å²) in [5, 5.41) is 15.4. The Bertz CT molecular complexity index is 1640. The van der Waals surface area contributed by atoms with Crippen LogP contribution in [0.2, 0.25) is 5.02 Å². The van der Waals surface area contributed by atoms with E-state index in [1.807, 2.05) is 47.4 Å². The molecule has 8 nitrogen and oxygen atoms in total. The van der Waals surface area contributed by atoms with E-state index in [4.69, 9.17) is 16.3 Å². The van der Waals surface area contributed by atoms with E-state index < -0.39 is 0 Å². The number of likely N-dealkylation sites (tertiary alicyclic amines) is 1. The van der Waals surface area contributed by atoms with Crippen LogP contribution in [0.15, 0.2) is 67.1 Å². The Morgan fingerprint density at radius 1 is 1.15 bits per heavy atom. The van der Waals surface area contributed by atoms with Crippen LogP contribution in [0.4, 0.5) is 11.5 Å². The van der Waals surface area contributed by atoms with Crippen LogP contribution in [0.3, 0.4) is 0 Å². The lowest BCUT2D eigenvalue weighted by Crippen LogP contribution is -2.38. The lowest BCUT2D eigenvalue weighted by Gasteiger charge is -2.23. The average molecular weight is 560 g/mol. The highest BCUT2D eigenvalue weighted by molar-refractivity contribution is 7.25. The number of amides is 1. The van der Waals surface area contributed by atoms with Gasteiger partial charge in [0.2, 0.25) is 5.91 Å². The molecule has 1 saturated heterocycles. The number of thiophene rings is 1. The van der Waals surface area contributed by atoms with Crippen molar-refractivity contribution in [1.82, 2.24) is 19.9 Å². The molecule has 5 aromatic rings. The number of anilines is 2. The lowest BCUT2D eigenvalue weighted by atomic mass is 10.1. The fourth-order valence-electron chi connectivity index (χ4n) is 4.95. The number of fused-ring (bicyclic) bond motifs is 3. The smallest absolute Gasteiger partial charge is 0.227 e. The number of nitrogens with one attached hydrogen (secondary N) is 1. The minimum atomic E-state index is -0.0653. The highest BCUT2D eigenvalue weighted by atomic mass is 35.5. The Morgan fingerprint density at radius 2 is 2.08 bits per heavy atom. The maximum atomic E-state index is 12.9. The van der Waals surface area contributed by atoms with E-state index in [-0.39, 0.29) is 18.6 Å². The lowest BCUT2D eigenvalue weighted by molar-refractivity contribution is -0.131. The van der Waals surface area contributed by atoms with Crippen molar-refractivity contribution in [2.75, 3.05) is 18.5 Å². The van der Waals surface area contributed by atoms with Gasteiger partial charge in [-0.25, -0.2) is 9.97 Å². The zero-order valence-corrected chi connectivity index (χ0v) is 22.6. The maximum absolute atomic E-state index is 12.9. The maximum Gasteiger partial charge on any atom is 0.227 e. The Kier molecular flexibility index (Phi) is 7.28. The number of ether oxygens (including phenoxy) is 1. The SMILES string of the molecule is O=C(Cc1ccc2c(c1)sc1ncnc(Nc3ccc(OCc4ccccn4)c(Cl)c3)c12)N1CCC[C@@H]1CO. The summed E-state index contributed by atoms with van der Waals surface area (Å²) in [6, 6.07) is 17.2. The molecule has 2 N–H and O–H groups in total. The molecule has 1 amide bonds. The van der Waals surface area contributed by atoms with Gasteiger partial charge >= 0.3 is 0 Å². The largest absolute Gasteiger partial charge is 0.486 e. The normalized spacial score (nSPS) is 15.2. The molecule has 0 saturated carbocycles. The predicted molar refractivity (Wildman–Crippen MR) is 154 cm³/mol. The number of hydrogen-bond donors (Lipinski definition) is 2. The summed E-state index contributed by atoms with van der Waals surface area (Å²) < 4.78 is 6.88. The summed E-state index contributed by atoms with van der Waals surface area (Å²) in [6.45, 7) is 1.05. The van der Waals surface area contributed by atoms with Crippen LogP contribution in [0.25, 0.3) is 20.3 Å². The van der Waals surface area contributed by atoms with Gasteiger partial charge in [-0.3, -0.25) is 9.78 Å². The first kappa shape index (κ1) is 25.5. The minimum absolute atomic E-state index is 0.0155. The van der Waals surface area contributed by atoms with Crippen LogP contribution in [-0.4, -0.2) is 50.1 Å². The number of carbonyl (C=O) groups excluding carboxylic acids is 1. The third-order valence-corrected chi connectivity index (χ3v) is 8.25. The minimum Gasteiger partial charge on any atom is -0.486 e. The zero-order chi connectivity index (χ0) is 26.8. The quantitative estimate of drug-likeness (QED) is 0.250. The van der Waals surface area contributed by atoms with Gasteiger partial charge in [-0.05, 0) is 54.8 Å². The number of rotatable bonds is 8. The second-order valence-corrected chi connectivity index (χ2v) is 10.9. The molecular formula is C29H26ClN5O3S. The molecule has 0 spiro atoms. The number of carbonyl (C=O) groups is 1. The molecule has 0 radical (unpaired) electrons. The molecule has 6 rings (SSSR count). The Morgan fingerprint density at radius 3 is 2.90 bits per heavy atom. The molecule has 2 aromatic carbocycles. The van der Waals surface area contributed by atoms with Gasteiger partial charge in [0, 0.05) is 28.5 Å². The highest BCUT2D eigenvalue weighted by Crippen LogP contribution is 2.38. The van der Waals surface area contributed by atoms with Crippen LogP contribution < -0.4 is 10.1 Å². The molecule has 0 unspecified atom stereocenters. The molecule has 3 aromatic heterocycles. The van der Waals surface area contributed by atoms with Gasteiger partial charge in [-0.2, -0.15) is 0 Å². The topological polar surface area (TPSA) is 100 Å². The number of nitrogens with zero attached hydrogens (tertiary/aromatic N) is 4. The third-order valence-electron chi connectivity index (χ3n) is 6.89. The van der Waals surface area contributed by atoms with E-state index in [0.29, 0.717) is 36.2 Å². The molecule has 1 aliphatic rings. The monoisotopic (exact) mass is 559 g/mol. The fraction of sp³-hybridized carbons (Fsp3) is 0.241. The van der Waals surface area contributed by atoms with Crippen molar-refractivity contribution in [3.63, 3.8) is 0 Å². The van der Waals surface area contributed by atoms with Crippen molar-refractivity contribution in [3.05, 3.63) is 83.4 Å². The van der Waals surface area contributed by atoms with Crippen molar-refractivity contribution in [1.29, 1.82) is 0 Å². The first-order valence-corrected chi connectivity index (χ1v) is 13.9. The Balaban J connectivity index is 1.21. The molecule has 1 aliphatic heterocycles. The first-order chi connectivity index (χ1) is 19.1. The molecule has 1 atom stereocenters. The number of hydrogen-bond acceptors (Lipinski definition) is 8. The number of halogens is 1. The van der Waals surface area contributed by atoms with Crippen molar-refractivity contribution in [3.8, 4) is 5.75 Å². The van der Waals surface area contributed by atoms with Crippen molar-refractivity contribution in [2.24, 2.45) is 0 Å². The molecule has 1 fully saturated rings. The van der Waals surface area contributed by atoms with E-state index in [0.717, 1.165) is 50.1 Å². The Hall–Kier alpha value is -3.79. The predicted octanol–water partition coefficient (Wildman–Crippen LogP) is 5.74. The zero-order valence-electron chi connectivity index (χ0n) is 21.0. The van der Waals surface area contributed by atoms with Crippen LogP contribution in [0.1, 0.15) is 24.1 Å². The van der Waals surface area contributed by atoms with Crippen LogP contribution in [0, 0.1) is 0 Å². The number of pyridine rings is 1. The molecule has 39 heavy (non-hydrogen) atoms. The number of aromatic nitrogens is 3. The molecule has 0 aliphatic carbocycles. The molecular weight excluding hydrogens is 534 g/mol. The number of benzene rings is 2. The van der Waals surface area contributed by atoms with Crippen LogP contribution >= 0.6 is 22.9 Å². The van der Waals surface area contributed by atoms with Gasteiger partial charge in [-0.15, -0.1) is 11.3 Å². The summed E-state index contributed by atoms with van der Waals surface area (Å²) in [7, 11) is 0. The summed E-state index contributed by atoms with van der Waals surface area (Å²) in [5.74, 6) is 1.30. The van der Waals surface area contributed by atoms with Gasteiger partial charge < -0.3 is 20.1 Å². The van der Waals surface area contributed by atoms with Gasteiger partial charge in [-0.1, -0.05) is 29.8 Å². The van der Waals surface area contributed by atoms with E-state index in [1.165, 1.54) is 0 Å². The summed E-state index contributed by atoms with van der Waals surface area (Å²) >= 11 is 8.08. The highest BCUT2D eigenvalue weighted by Gasteiger charge is 2.28. The fourth-order valence-corrected chi connectivity index (χ4v) is 6.30. The second kappa shape index (κ2) is 11.1. The average Bonchev–Trinajstić information content (AvgIpc) is 3.58. The van der Waals surface area contributed by atoms with Crippen molar-refractivity contribution >= 4 is 60.7 Å². The number of aliphatic hydroxyl groups is 1. The molecule has 198 valence electrons. The summed E-state index contributed by atoms with van der Waals surface area (Å²) in [6.07, 6.45) is 5.38. The van der Waals surface area contributed by atoms with Crippen LogP contribution in [-0.2, 0) is 17.8 Å². The van der Waals surface area contributed by atoms with Gasteiger partial charge in [0.25, 0.3) is 0 Å². The Labute approximate surface area is 234 Å². The molecule has 10 heteroatoms. The van der Waals surface area contributed by atoms with Gasteiger partial charge in [0.05, 0.1) is 35.2 Å². The number of aliphatic hydroxyl groups excluding tert-OH is 1. The third kappa shape index (κ3) is 5.38. The first-order valence-electron chi connectivity index (χ1n) is 12.7. The van der Waals surface area contributed by atoms with Gasteiger partial charge in [0.15, 0.2) is 0 Å². The summed E-state index contributed by atoms with van der Waals surface area (Å²) in [5.41, 5.74) is 2.54. The van der Waals surface area contributed by atoms with Crippen molar-refractivity contribution in [2.45, 2.75) is 31.9 Å².